The molecule has 0 N–H and O–H groups in total. The predicted octanol–water partition coefficient (Wildman–Crippen LogP) is 14.4. The molecule has 0 unspecified atom stereocenters. The first-order valence-electron chi connectivity index (χ1n) is 21.1. The lowest BCUT2D eigenvalue weighted by atomic mass is 9.70. The molecule has 13 rings (SSSR count). The Hall–Kier alpha value is -8.21. The predicted molar refractivity (Wildman–Crippen MR) is 251 cm³/mol. The topological polar surface area (TPSA) is 51.8 Å². The van der Waals surface area contributed by atoms with Crippen LogP contribution in [-0.4, -0.2) is 15.0 Å². The van der Waals surface area contributed by atoms with E-state index in [4.69, 9.17) is 19.4 Å². The standard InChI is InChI=1S/C58H35N3O/c1-2-16-36(17-3-1)55-59-56(39-19-14-18-37(34-39)41-26-15-27-46-45-24-9-13-31-53(45)62-54(41)46)61-57(60-55)47-25-5-4-20-40(47)38-32-33-52-48(35-38)44-23-8-12-30-51(44)58(52)49-28-10-6-21-42(49)43-22-7-11-29-50(43)58/h1-35H. The lowest BCUT2D eigenvalue weighted by Gasteiger charge is -2.30. The maximum Gasteiger partial charge on any atom is 0.164 e. The van der Waals surface area contributed by atoms with Crippen LogP contribution in [-0.2, 0) is 5.41 Å². The summed E-state index contributed by atoms with van der Waals surface area (Å²) in [7, 11) is 0. The summed E-state index contributed by atoms with van der Waals surface area (Å²) in [5.74, 6) is 1.84. The number of fused-ring (bicyclic) bond motifs is 13. The average molecular weight is 790 g/mol. The lowest BCUT2D eigenvalue weighted by molar-refractivity contribution is 0.670. The zero-order valence-corrected chi connectivity index (χ0v) is 33.5. The Morgan fingerprint density at radius 3 is 1.52 bits per heavy atom. The number of para-hydroxylation sites is 2. The summed E-state index contributed by atoms with van der Waals surface area (Å²) < 4.78 is 6.46. The van der Waals surface area contributed by atoms with Crippen molar-refractivity contribution in [2.45, 2.75) is 5.41 Å². The van der Waals surface area contributed by atoms with E-state index in [1.54, 1.807) is 0 Å². The maximum atomic E-state index is 6.46. The lowest BCUT2D eigenvalue weighted by Crippen LogP contribution is -2.25. The Bertz CT molecular complexity index is 3560. The van der Waals surface area contributed by atoms with E-state index in [1.807, 2.05) is 30.3 Å². The fourth-order valence-electron chi connectivity index (χ4n) is 10.3. The van der Waals surface area contributed by atoms with Gasteiger partial charge in [-0.1, -0.05) is 194 Å². The normalized spacial score (nSPS) is 13.0. The van der Waals surface area contributed by atoms with E-state index in [1.165, 1.54) is 44.5 Å². The number of hydrogen-bond donors (Lipinski definition) is 0. The first-order valence-corrected chi connectivity index (χ1v) is 21.1. The van der Waals surface area contributed by atoms with Crippen molar-refractivity contribution in [3.8, 4) is 78.7 Å². The fraction of sp³-hybridized carbons (Fsp3) is 0.0172. The Morgan fingerprint density at radius 1 is 0.290 bits per heavy atom. The highest BCUT2D eigenvalue weighted by Crippen LogP contribution is 2.63. The van der Waals surface area contributed by atoms with Gasteiger partial charge in [-0.05, 0) is 79.4 Å². The summed E-state index contributed by atoms with van der Waals surface area (Å²) in [6.07, 6.45) is 0. The zero-order valence-electron chi connectivity index (χ0n) is 33.5. The number of hydrogen-bond acceptors (Lipinski definition) is 4. The van der Waals surface area contributed by atoms with Gasteiger partial charge in [0.2, 0.25) is 0 Å². The Balaban J connectivity index is 0.974. The number of furan rings is 1. The Morgan fingerprint density at radius 2 is 0.774 bits per heavy atom. The molecular weight excluding hydrogens is 755 g/mol. The summed E-state index contributed by atoms with van der Waals surface area (Å²) in [5.41, 5.74) is 18.7. The highest BCUT2D eigenvalue weighted by molar-refractivity contribution is 6.09. The van der Waals surface area contributed by atoms with Crippen LogP contribution < -0.4 is 0 Å². The molecule has 0 aliphatic heterocycles. The van der Waals surface area contributed by atoms with Crippen LogP contribution in [0.5, 0.6) is 0 Å². The summed E-state index contributed by atoms with van der Waals surface area (Å²) in [6.45, 7) is 0. The van der Waals surface area contributed by atoms with Crippen LogP contribution in [0.4, 0.5) is 0 Å². The molecule has 0 saturated carbocycles. The minimum absolute atomic E-state index is 0.394. The van der Waals surface area contributed by atoms with Crippen LogP contribution in [0, 0.1) is 0 Å². The van der Waals surface area contributed by atoms with Crippen molar-refractivity contribution < 1.29 is 4.42 Å². The van der Waals surface area contributed by atoms with E-state index in [9.17, 15) is 0 Å². The molecule has 2 aliphatic carbocycles. The van der Waals surface area contributed by atoms with Crippen LogP contribution in [0.3, 0.4) is 0 Å². The SMILES string of the molecule is c1ccc(-c2nc(-c3cccc(-c4cccc5c4oc4ccccc45)c3)nc(-c3ccccc3-c3ccc4c(c3)-c3ccccc3C43c4ccccc4-c4ccccc43)n2)cc1. The molecule has 0 atom stereocenters. The Kier molecular flexibility index (Phi) is 7.49. The van der Waals surface area contributed by atoms with Gasteiger partial charge in [0.25, 0.3) is 0 Å². The molecule has 288 valence electrons. The molecular formula is C58H35N3O. The monoisotopic (exact) mass is 789 g/mol. The molecule has 2 heterocycles. The van der Waals surface area contributed by atoms with Gasteiger partial charge in [-0.25, -0.2) is 15.0 Å². The second kappa shape index (κ2) is 13.4. The minimum Gasteiger partial charge on any atom is -0.455 e. The molecule has 62 heavy (non-hydrogen) atoms. The third-order valence-corrected chi connectivity index (χ3v) is 13.0. The third kappa shape index (κ3) is 4.98. The van der Waals surface area contributed by atoms with Gasteiger partial charge in [-0.3, -0.25) is 0 Å². The molecule has 1 spiro atoms. The minimum atomic E-state index is -0.394. The van der Waals surface area contributed by atoms with Gasteiger partial charge in [0.05, 0.1) is 5.41 Å². The molecule has 4 heteroatoms. The quantitative estimate of drug-likeness (QED) is 0.174. The van der Waals surface area contributed by atoms with Crippen molar-refractivity contribution in [2.75, 3.05) is 0 Å². The van der Waals surface area contributed by atoms with Gasteiger partial charge in [-0.15, -0.1) is 0 Å². The largest absolute Gasteiger partial charge is 0.455 e. The second-order valence-corrected chi connectivity index (χ2v) is 16.2. The number of benzene rings is 9. The van der Waals surface area contributed by atoms with Crippen molar-refractivity contribution in [1.82, 2.24) is 15.0 Å². The van der Waals surface area contributed by atoms with Crippen LogP contribution in [0.25, 0.3) is 101 Å². The molecule has 0 bridgehead atoms. The number of rotatable bonds is 5. The van der Waals surface area contributed by atoms with E-state index < -0.39 is 5.41 Å². The van der Waals surface area contributed by atoms with Gasteiger partial charge in [0.15, 0.2) is 17.5 Å². The van der Waals surface area contributed by atoms with Crippen molar-refractivity contribution >= 4 is 21.9 Å². The zero-order chi connectivity index (χ0) is 40.8. The molecule has 0 fully saturated rings. The summed E-state index contributed by atoms with van der Waals surface area (Å²) in [5, 5.41) is 2.20. The molecule has 0 amide bonds. The van der Waals surface area contributed by atoms with E-state index in [-0.39, 0.29) is 0 Å². The first kappa shape index (κ1) is 34.6. The van der Waals surface area contributed by atoms with Crippen LogP contribution >= 0.6 is 0 Å². The van der Waals surface area contributed by atoms with Gasteiger partial charge >= 0.3 is 0 Å². The molecule has 0 radical (unpaired) electrons. The first-order chi connectivity index (χ1) is 30.7. The van der Waals surface area contributed by atoms with Crippen LogP contribution in [0.1, 0.15) is 22.3 Å². The molecule has 11 aromatic rings. The fourth-order valence-corrected chi connectivity index (χ4v) is 10.3. The third-order valence-electron chi connectivity index (χ3n) is 13.0. The molecule has 9 aromatic carbocycles. The van der Waals surface area contributed by atoms with Crippen LogP contribution in [0.2, 0.25) is 0 Å². The van der Waals surface area contributed by atoms with E-state index in [2.05, 4.69) is 182 Å². The smallest absolute Gasteiger partial charge is 0.164 e. The number of nitrogens with zero attached hydrogens (tertiary/aromatic N) is 3. The van der Waals surface area contributed by atoms with Crippen molar-refractivity contribution in [2.24, 2.45) is 0 Å². The van der Waals surface area contributed by atoms with Crippen LogP contribution in [0.15, 0.2) is 217 Å². The number of aromatic nitrogens is 3. The van der Waals surface area contributed by atoms with Gasteiger partial charge < -0.3 is 4.42 Å². The van der Waals surface area contributed by atoms with Crippen molar-refractivity contribution in [1.29, 1.82) is 0 Å². The van der Waals surface area contributed by atoms with Gasteiger partial charge in [0, 0.05) is 33.0 Å². The van der Waals surface area contributed by atoms with Crippen molar-refractivity contribution in [3.05, 3.63) is 235 Å². The van der Waals surface area contributed by atoms with E-state index >= 15 is 0 Å². The average Bonchev–Trinajstić information content (AvgIpc) is 3.98. The summed E-state index contributed by atoms with van der Waals surface area (Å²) >= 11 is 0. The molecule has 4 nitrogen and oxygen atoms in total. The molecule has 2 aliphatic rings. The Labute approximate surface area is 358 Å². The summed E-state index contributed by atoms with van der Waals surface area (Å²) in [4.78, 5) is 15.6. The van der Waals surface area contributed by atoms with Crippen molar-refractivity contribution in [3.63, 3.8) is 0 Å². The molecule has 0 saturated heterocycles. The second-order valence-electron chi connectivity index (χ2n) is 16.2. The summed E-state index contributed by atoms with van der Waals surface area (Å²) in [6, 6.07) is 75.5. The van der Waals surface area contributed by atoms with Gasteiger partial charge in [0.1, 0.15) is 11.2 Å². The highest BCUT2D eigenvalue weighted by atomic mass is 16.3. The highest BCUT2D eigenvalue weighted by Gasteiger charge is 2.51. The maximum absolute atomic E-state index is 6.46. The molecule has 2 aromatic heterocycles. The van der Waals surface area contributed by atoms with E-state index in [0.717, 1.165) is 60.9 Å². The van der Waals surface area contributed by atoms with Gasteiger partial charge in [-0.2, -0.15) is 0 Å². The van der Waals surface area contributed by atoms with E-state index in [0.29, 0.717) is 17.5 Å².